The number of unbranched alkanes of at least 4 members (excludes halogenated alkanes) is 54. The third-order valence-electron chi connectivity index (χ3n) is 19.3. The van der Waals surface area contributed by atoms with Gasteiger partial charge in [0.15, 0.2) is 12.2 Å². The number of phosphoric acid groups is 2. The highest BCUT2D eigenvalue weighted by Gasteiger charge is 2.30. The molecule has 5 atom stereocenters. The fourth-order valence-corrected chi connectivity index (χ4v) is 14.3. The van der Waals surface area contributed by atoms with Crippen molar-refractivity contribution in [3.8, 4) is 0 Å². The van der Waals surface area contributed by atoms with Crippen molar-refractivity contribution in [1.29, 1.82) is 0 Å². The van der Waals surface area contributed by atoms with Gasteiger partial charge >= 0.3 is 39.5 Å². The van der Waals surface area contributed by atoms with Crippen molar-refractivity contribution in [3.63, 3.8) is 0 Å². The van der Waals surface area contributed by atoms with Crippen LogP contribution in [0.15, 0.2) is 0 Å². The summed E-state index contributed by atoms with van der Waals surface area (Å²) in [5.74, 6) is -1.30. The fraction of sp³-hybridized carbons (Fsp3) is 0.951. The SMILES string of the molecule is CCCCCCCCCCCCCCCCCCCCCCCCC(=O)O[C@H](COC(=O)CCCCCCCCCCCCCCCCCC(C)C)COP(=O)(O)OC[C@@H](O)COP(=O)(O)OC[C@@H](COC(=O)CCCCCCCCCCC)OC(=O)CCCCCCCCCCCCCC. The van der Waals surface area contributed by atoms with Gasteiger partial charge in [-0.1, -0.05) is 388 Å². The molecule has 0 spiro atoms. The van der Waals surface area contributed by atoms with E-state index in [1.165, 1.54) is 263 Å². The molecule has 3 N–H and O–H groups in total. The summed E-state index contributed by atoms with van der Waals surface area (Å²) in [7, 11) is -9.92. The normalized spacial score (nSPS) is 13.8. The number of esters is 4. The molecule has 0 aliphatic rings. The second-order valence-corrected chi connectivity index (χ2v) is 32.9. The van der Waals surface area contributed by atoms with E-state index in [2.05, 4.69) is 34.6 Å². The molecule has 0 amide bonds. The Balaban J connectivity index is 5.18. The molecule has 0 aliphatic heterocycles. The Labute approximate surface area is 619 Å². The first-order valence-electron chi connectivity index (χ1n) is 42.6. The molecular formula is C82H160O17P2. The summed E-state index contributed by atoms with van der Waals surface area (Å²) in [6.45, 7) is 7.34. The Morgan fingerprint density at radius 2 is 0.455 bits per heavy atom. The van der Waals surface area contributed by atoms with Crippen molar-refractivity contribution < 1.29 is 80.2 Å². The van der Waals surface area contributed by atoms with Gasteiger partial charge in [-0.05, 0) is 31.6 Å². The second kappa shape index (κ2) is 74.9. The monoisotopic (exact) mass is 1480 g/mol. The Hall–Kier alpha value is -1.94. The first-order chi connectivity index (χ1) is 49.0. The van der Waals surface area contributed by atoms with E-state index < -0.39 is 97.5 Å². The molecule has 0 saturated heterocycles. The van der Waals surface area contributed by atoms with Gasteiger partial charge in [-0.3, -0.25) is 37.3 Å². The largest absolute Gasteiger partial charge is 0.472 e. The van der Waals surface area contributed by atoms with E-state index in [4.69, 9.17) is 37.0 Å². The van der Waals surface area contributed by atoms with Crippen molar-refractivity contribution in [2.45, 2.75) is 457 Å². The molecule has 0 rings (SSSR count). The molecule has 0 aromatic carbocycles. The molecular weight excluding hydrogens is 1320 g/mol. The molecule has 0 bridgehead atoms. The highest BCUT2D eigenvalue weighted by atomic mass is 31.2. The molecule has 600 valence electrons. The molecule has 17 nitrogen and oxygen atoms in total. The Kier molecular flexibility index (Phi) is 73.5. The van der Waals surface area contributed by atoms with Crippen molar-refractivity contribution in [1.82, 2.24) is 0 Å². The zero-order valence-corrected chi connectivity index (χ0v) is 67.8. The number of carbonyl (C=O) groups excluding carboxylic acids is 4. The minimum absolute atomic E-state index is 0.108. The highest BCUT2D eigenvalue weighted by Crippen LogP contribution is 2.45. The number of hydrogen-bond acceptors (Lipinski definition) is 15. The Bertz CT molecular complexity index is 1930. The number of phosphoric ester groups is 2. The van der Waals surface area contributed by atoms with Crippen LogP contribution in [-0.4, -0.2) is 96.7 Å². The standard InChI is InChI=1S/C82H160O17P2/c1-6-9-12-15-18-21-23-25-26-27-28-29-30-31-32-35-39-43-48-53-58-63-68-82(87)99-78(72-93-80(85)66-61-56-51-46-42-38-36-33-34-37-40-45-49-54-59-64-75(4)5)74-97-101(90,91)95-70-76(83)69-94-100(88,89)96-73-77(71-92-79(84)65-60-55-50-44-20-17-14-11-8-3)98-81(86)67-62-57-52-47-41-24-22-19-16-13-10-7-2/h75-78,83H,6-74H2,1-5H3,(H,88,89)(H,90,91)/t76-,77+,78+/m0/s1. The second-order valence-electron chi connectivity index (χ2n) is 30.0. The van der Waals surface area contributed by atoms with Gasteiger partial charge in [-0.15, -0.1) is 0 Å². The maximum Gasteiger partial charge on any atom is 0.472 e. The van der Waals surface area contributed by atoms with Gasteiger partial charge in [-0.2, -0.15) is 0 Å². The van der Waals surface area contributed by atoms with Crippen LogP contribution in [0.25, 0.3) is 0 Å². The van der Waals surface area contributed by atoms with Gasteiger partial charge in [0, 0.05) is 25.7 Å². The van der Waals surface area contributed by atoms with Crippen LogP contribution in [-0.2, 0) is 65.4 Å². The zero-order chi connectivity index (χ0) is 74.1. The molecule has 19 heteroatoms. The van der Waals surface area contributed by atoms with E-state index >= 15 is 0 Å². The average molecular weight is 1480 g/mol. The van der Waals surface area contributed by atoms with Crippen LogP contribution in [0, 0.1) is 5.92 Å². The molecule has 101 heavy (non-hydrogen) atoms. The number of ether oxygens (including phenoxy) is 4. The molecule has 0 aromatic rings. The predicted molar refractivity (Wildman–Crippen MR) is 414 cm³/mol. The van der Waals surface area contributed by atoms with Crippen LogP contribution < -0.4 is 0 Å². The summed E-state index contributed by atoms with van der Waals surface area (Å²) >= 11 is 0. The third kappa shape index (κ3) is 76.1. The average Bonchev–Trinajstić information content (AvgIpc) is 0.967. The topological polar surface area (TPSA) is 237 Å². The molecule has 0 aliphatic carbocycles. The molecule has 0 aromatic heterocycles. The van der Waals surface area contributed by atoms with E-state index in [1.54, 1.807) is 0 Å². The lowest BCUT2D eigenvalue weighted by atomic mass is 10.0. The molecule has 0 saturated carbocycles. The van der Waals surface area contributed by atoms with Gasteiger partial charge in [0.25, 0.3) is 0 Å². The van der Waals surface area contributed by atoms with Gasteiger partial charge in [0.1, 0.15) is 19.3 Å². The van der Waals surface area contributed by atoms with Crippen molar-refractivity contribution in [2.24, 2.45) is 5.92 Å². The van der Waals surface area contributed by atoms with E-state index in [0.29, 0.717) is 25.7 Å². The summed E-state index contributed by atoms with van der Waals surface area (Å²) in [6.07, 6.45) is 66.7. The van der Waals surface area contributed by atoms with E-state index in [9.17, 15) is 43.2 Å². The van der Waals surface area contributed by atoms with Crippen LogP contribution in [0.1, 0.15) is 439 Å². The van der Waals surface area contributed by atoms with E-state index in [0.717, 1.165) is 95.8 Å². The first kappa shape index (κ1) is 99.1. The minimum atomic E-state index is -4.96. The summed E-state index contributed by atoms with van der Waals surface area (Å²) in [5, 5.41) is 10.6. The van der Waals surface area contributed by atoms with Crippen LogP contribution >= 0.6 is 15.6 Å². The lowest BCUT2D eigenvalue weighted by Crippen LogP contribution is -2.30. The first-order valence-corrected chi connectivity index (χ1v) is 45.6. The van der Waals surface area contributed by atoms with Crippen LogP contribution in [0.2, 0.25) is 0 Å². The van der Waals surface area contributed by atoms with E-state index in [-0.39, 0.29) is 25.7 Å². The Morgan fingerprint density at radius 1 is 0.267 bits per heavy atom. The van der Waals surface area contributed by atoms with Crippen molar-refractivity contribution in [3.05, 3.63) is 0 Å². The smallest absolute Gasteiger partial charge is 0.462 e. The lowest BCUT2D eigenvalue weighted by Gasteiger charge is -2.21. The predicted octanol–water partition coefficient (Wildman–Crippen LogP) is 24.8. The van der Waals surface area contributed by atoms with Crippen molar-refractivity contribution >= 4 is 39.5 Å². The van der Waals surface area contributed by atoms with Gasteiger partial charge in [-0.25, -0.2) is 9.13 Å². The summed E-state index contributed by atoms with van der Waals surface area (Å²) in [4.78, 5) is 73.0. The maximum absolute atomic E-state index is 13.1. The minimum Gasteiger partial charge on any atom is -0.462 e. The lowest BCUT2D eigenvalue weighted by molar-refractivity contribution is -0.161. The molecule has 0 fully saturated rings. The fourth-order valence-electron chi connectivity index (χ4n) is 12.8. The third-order valence-corrected chi connectivity index (χ3v) is 21.2. The molecule has 0 heterocycles. The number of rotatable bonds is 82. The summed E-state index contributed by atoms with van der Waals surface area (Å²) in [6, 6.07) is 0. The number of aliphatic hydroxyl groups excluding tert-OH is 1. The number of carbonyl (C=O) groups is 4. The van der Waals surface area contributed by atoms with Gasteiger partial charge < -0.3 is 33.8 Å². The van der Waals surface area contributed by atoms with Crippen LogP contribution in [0.5, 0.6) is 0 Å². The Morgan fingerprint density at radius 3 is 0.673 bits per heavy atom. The van der Waals surface area contributed by atoms with E-state index in [1.807, 2.05) is 0 Å². The summed E-state index contributed by atoms with van der Waals surface area (Å²) < 4.78 is 68.7. The maximum atomic E-state index is 13.1. The van der Waals surface area contributed by atoms with Gasteiger partial charge in [0.05, 0.1) is 26.4 Å². The molecule has 2 unspecified atom stereocenters. The van der Waals surface area contributed by atoms with Crippen LogP contribution in [0.4, 0.5) is 0 Å². The zero-order valence-electron chi connectivity index (χ0n) is 66.1. The number of hydrogen-bond donors (Lipinski definition) is 3. The highest BCUT2D eigenvalue weighted by molar-refractivity contribution is 7.47. The number of aliphatic hydroxyl groups is 1. The quantitative estimate of drug-likeness (QED) is 0.0222. The van der Waals surface area contributed by atoms with Crippen molar-refractivity contribution in [2.75, 3.05) is 39.6 Å². The van der Waals surface area contributed by atoms with Crippen LogP contribution in [0.3, 0.4) is 0 Å². The van der Waals surface area contributed by atoms with Gasteiger partial charge in [0.2, 0.25) is 0 Å². The molecule has 0 radical (unpaired) electrons. The summed E-state index contributed by atoms with van der Waals surface area (Å²) in [5.41, 5.74) is 0.